The van der Waals surface area contributed by atoms with Crippen LogP contribution < -0.4 is 5.56 Å². The Bertz CT molecular complexity index is 868. The van der Waals surface area contributed by atoms with E-state index in [0.717, 1.165) is 11.6 Å². The number of rotatable bonds is 4. The van der Waals surface area contributed by atoms with Crippen molar-refractivity contribution in [1.82, 2.24) is 9.55 Å². The molecule has 0 atom stereocenters. The van der Waals surface area contributed by atoms with Gasteiger partial charge in [0.1, 0.15) is 6.26 Å². The van der Waals surface area contributed by atoms with Gasteiger partial charge in [-0.3, -0.25) is 14.9 Å². The van der Waals surface area contributed by atoms with Gasteiger partial charge in [-0.25, -0.2) is 4.98 Å². The number of benzene rings is 1. The standard InChI is InChI=1S/C15H11N3O4/c19-14-7-6-13(18(20)21)9-17(14)8-12-10-22-15(16-12)11-4-2-1-3-5-11/h1-7,9-10H,8H2. The summed E-state index contributed by atoms with van der Waals surface area (Å²) in [7, 11) is 0. The molecule has 1 aromatic carbocycles. The van der Waals surface area contributed by atoms with Crippen LogP contribution >= 0.6 is 0 Å². The predicted octanol–water partition coefficient (Wildman–Crippen LogP) is 2.46. The van der Waals surface area contributed by atoms with Gasteiger partial charge in [0, 0.05) is 17.7 Å². The van der Waals surface area contributed by atoms with Crippen LogP contribution in [-0.4, -0.2) is 14.5 Å². The molecule has 3 rings (SSSR count). The Labute approximate surface area is 124 Å². The van der Waals surface area contributed by atoms with Crippen LogP contribution in [0.4, 0.5) is 5.69 Å². The average Bonchev–Trinajstić information content (AvgIpc) is 2.99. The minimum absolute atomic E-state index is 0.108. The maximum atomic E-state index is 11.8. The topological polar surface area (TPSA) is 91.2 Å². The van der Waals surface area contributed by atoms with Crippen molar-refractivity contribution in [2.45, 2.75) is 6.54 Å². The zero-order valence-electron chi connectivity index (χ0n) is 11.4. The second-order valence-electron chi connectivity index (χ2n) is 4.62. The van der Waals surface area contributed by atoms with Crippen LogP contribution in [0.25, 0.3) is 11.5 Å². The first-order valence-corrected chi connectivity index (χ1v) is 6.48. The normalized spacial score (nSPS) is 10.5. The maximum absolute atomic E-state index is 11.8. The molecule has 7 nitrogen and oxygen atoms in total. The van der Waals surface area contributed by atoms with Crippen molar-refractivity contribution in [3.8, 4) is 11.5 Å². The van der Waals surface area contributed by atoms with Crippen molar-refractivity contribution in [3.05, 3.63) is 81.1 Å². The van der Waals surface area contributed by atoms with Crippen molar-refractivity contribution < 1.29 is 9.34 Å². The van der Waals surface area contributed by atoms with E-state index in [-0.39, 0.29) is 17.8 Å². The molecule has 0 aliphatic heterocycles. The summed E-state index contributed by atoms with van der Waals surface area (Å²) >= 11 is 0. The molecule has 0 radical (unpaired) electrons. The summed E-state index contributed by atoms with van der Waals surface area (Å²) in [4.78, 5) is 26.3. The Hall–Kier alpha value is -3.22. The third-order valence-corrected chi connectivity index (χ3v) is 3.08. The van der Waals surface area contributed by atoms with E-state index in [1.54, 1.807) is 0 Å². The zero-order valence-corrected chi connectivity index (χ0v) is 11.4. The Morgan fingerprint density at radius 1 is 1.18 bits per heavy atom. The number of pyridine rings is 1. The highest BCUT2D eigenvalue weighted by atomic mass is 16.6. The SMILES string of the molecule is O=c1ccc([N+](=O)[O-])cn1Cc1coc(-c2ccccc2)n1. The lowest BCUT2D eigenvalue weighted by Gasteiger charge is -2.01. The molecule has 0 saturated carbocycles. The van der Waals surface area contributed by atoms with Gasteiger partial charge in [-0.05, 0) is 12.1 Å². The molecule has 0 N–H and O–H groups in total. The molecular weight excluding hydrogens is 286 g/mol. The number of nitro groups is 1. The second-order valence-corrected chi connectivity index (χ2v) is 4.62. The van der Waals surface area contributed by atoms with Gasteiger partial charge < -0.3 is 8.98 Å². The Balaban J connectivity index is 1.88. The van der Waals surface area contributed by atoms with Gasteiger partial charge >= 0.3 is 0 Å². The fourth-order valence-corrected chi connectivity index (χ4v) is 2.02. The number of oxazole rings is 1. The Kier molecular flexibility index (Phi) is 3.53. The predicted molar refractivity (Wildman–Crippen MR) is 78.4 cm³/mol. The van der Waals surface area contributed by atoms with E-state index < -0.39 is 4.92 Å². The quantitative estimate of drug-likeness (QED) is 0.545. The third kappa shape index (κ3) is 2.78. The molecule has 0 amide bonds. The highest BCUT2D eigenvalue weighted by Gasteiger charge is 2.11. The smallest absolute Gasteiger partial charge is 0.285 e. The van der Waals surface area contributed by atoms with Crippen molar-refractivity contribution >= 4 is 5.69 Å². The molecule has 110 valence electrons. The van der Waals surface area contributed by atoms with E-state index in [1.807, 2.05) is 30.3 Å². The molecule has 2 heterocycles. The third-order valence-electron chi connectivity index (χ3n) is 3.08. The highest BCUT2D eigenvalue weighted by molar-refractivity contribution is 5.52. The van der Waals surface area contributed by atoms with Crippen molar-refractivity contribution in [2.75, 3.05) is 0 Å². The molecule has 0 aliphatic rings. The van der Waals surface area contributed by atoms with Crippen molar-refractivity contribution in [2.24, 2.45) is 0 Å². The summed E-state index contributed by atoms with van der Waals surface area (Å²) in [6, 6.07) is 11.7. The fraction of sp³-hybridized carbons (Fsp3) is 0.0667. The van der Waals surface area contributed by atoms with Crippen LogP contribution in [0.2, 0.25) is 0 Å². The van der Waals surface area contributed by atoms with Gasteiger partial charge in [0.25, 0.3) is 11.2 Å². The summed E-state index contributed by atoms with van der Waals surface area (Å²) in [5.41, 5.74) is 0.850. The summed E-state index contributed by atoms with van der Waals surface area (Å²) in [5.74, 6) is 0.439. The Morgan fingerprint density at radius 3 is 2.68 bits per heavy atom. The minimum Gasteiger partial charge on any atom is -0.444 e. The highest BCUT2D eigenvalue weighted by Crippen LogP contribution is 2.18. The number of nitrogens with zero attached hydrogens (tertiary/aromatic N) is 3. The first kappa shape index (κ1) is 13.7. The lowest BCUT2D eigenvalue weighted by molar-refractivity contribution is -0.385. The lowest BCUT2D eigenvalue weighted by Crippen LogP contribution is -2.19. The number of hydrogen-bond acceptors (Lipinski definition) is 5. The molecule has 3 aromatic rings. The molecule has 0 aliphatic carbocycles. The molecule has 7 heteroatoms. The molecule has 0 spiro atoms. The largest absolute Gasteiger partial charge is 0.444 e. The van der Waals surface area contributed by atoms with Crippen LogP contribution in [0.15, 0.2) is 64.1 Å². The minimum atomic E-state index is -0.547. The summed E-state index contributed by atoms with van der Waals surface area (Å²) < 4.78 is 6.61. The summed E-state index contributed by atoms with van der Waals surface area (Å²) in [6.07, 6.45) is 2.63. The Morgan fingerprint density at radius 2 is 1.95 bits per heavy atom. The van der Waals surface area contributed by atoms with E-state index >= 15 is 0 Å². The van der Waals surface area contributed by atoms with Gasteiger partial charge in [0.2, 0.25) is 5.89 Å². The van der Waals surface area contributed by atoms with E-state index in [1.165, 1.54) is 23.1 Å². The molecule has 2 aromatic heterocycles. The molecule has 0 bridgehead atoms. The molecule has 0 fully saturated rings. The summed E-state index contributed by atoms with van der Waals surface area (Å²) in [5, 5.41) is 10.8. The maximum Gasteiger partial charge on any atom is 0.285 e. The van der Waals surface area contributed by atoms with Crippen LogP contribution in [0.1, 0.15) is 5.69 Å². The van der Waals surface area contributed by atoms with E-state index in [4.69, 9.17) is 4.42 Å². The van der Waals surface area contributed by atoms with Crippen LogP contribution in [0.3, 0.4) is 0 Å². The first-order valence-electron chi connectivity index (χ1n) is 6.48. The van der Waals surface area contributed by atoms with E-state index in [9.17, 15) is 14.9 Å². The monoisotopic (exact) mass is 297 g/mol. The van der Waals surface area contributed by atoms with Crippen molar-refractivity contribution in [1.29, 1.82) is 0 Å². The van der Waals surface area contributed by atoms with Crippen LogP contribution in [0, 0.1) is 10.1 Å². The molecule has 0 unspecified atom stereocenters. The second kappa shape index (κ2) is 5.65. The van der Waals surface area contributed by atoms with Crippen LogP contribution in [0.5, 0.6) is 0 Å². The van der Waals surface area contributed by atoms with Gasteiger partial charge in [-0.15, -0.1) is 0 Å². The zero-order chi connectivity index (χ0) is 15.5. The molecular formula is C15H11N3O4. The van der Waals surface area contributed by atoms with Gasteiger partial charge in [0.05, 0.1) is 23.4 Å². The van der Waals surface area contributed by atoms with Crippen molar-refractivity contribution in [3.63, 3.8) is 0 Å². The fourth-order valence-electron chi connectivity index (χ4n) is 2.02. The molecule has 0 saturated heterocycles. The van der Waals surface area contributed by atoms with Gasteiger partial charge in [0.15, 0.2) is 0 Å². The van der Waals surface area contributed by atoms with E-state index in [0.29, 0.717) is 11.6 Å². The van der Waals surface area contributed by atoms with Gasteiger partial charge in [-0.1, -0.05) is 18.2 Å². The van der Waals surface area contributed by atoms with E-state index in [2.05, 4.69) is 4.98 Å². The lowest BCUT2D eigenvalue weighted by atomic mass is 10.2. The number of hydrogen-bond donors (Lipinski definition) is 0. The van der Waals surface area contributed by atoms with Gasteiger partial charge in [-0.2, -0.15) is 0 Å². The first-order chi connectivity index (χ1) is 10.6. The number of aromatic nitrogens is 2. The average molecular weight is 297 g/mol. The molecule has 22 heavy (non-hydrogen) atoms. The summed E-state index contributed by atoms with van der Waals surface area (Å²) in [6.45, 7) is 0.108. The van der Waals surface area contributed by atoms with Crippen LogP contribution in [-0.2, 0) is 6.54 Å².